The van der Waals surface area contributed by atoms with Crippen molar-refractivity contribution in [3.63, 3.8) is 0 Å². The van der Waals surface area contributed by atoms with E-state index in [0.29, 0.717) is 22.4 Å². The second-order valence-corrected chi connectivity index (χ2v) is 6.18. The molecule has 0 unspecified atom stereocenters. The van der Waals surface area contributed by atoms with Crippen molar-refractivity contribution in [1.29, 1.82) is 0 Å². The van der Waals surface area contributed by atoms with Crippen LogP contribution in [0.5, 0.6) is 0 Å². The monoisotopic (exact) mass is 350 g/mol. The molecule has 0 radical (unpaired) electrons. The van der Waals surface area contributed by atoms with Crippen LogP contribution in [0, 0.1) is 0 Å². The zero-order valence-electron chi connectivity index (χ0n) is 14.3. The first-order valence-electron chi connectivity index (χ1n) is 8.62. The number of carbonyl (C=O) groups is 1. The molecule has 3 aromatic carbocycles. The molecule has 27 heavy (non-hydrogen) atoms. The minimum atomic E-state index is -0.167. The van der Waals surface area contributed by atoms with Crippen molar-refractivity contribution in [3.05, 3.63) is 96.2 Å². The van der Waals surface area contributed by atoms with Crippen LogP contribution in [0.25, 0.3) is 27.9 Å². The Morgan fingerprint density at radius 2 is 1.30 bits per heavy atom. The van der Waals surface area contributed by atoms with Crippen molar-refractivity contribution in [2.45, 2.75) is 0 Å². The highest BCUT2D eigenvalue weighted by Crippen LogP contribution is 2.24. The fourth-order valence-corrected chi connectivity index (χ4v) is 3.12. The number of aromatic nitrogens is 4. The summed E-state index contributed by atoms with van der Waals surface area (Å²) in [6.45, 7) is 0. The molecule has 0 atom stereocenters. The van der Waals surface area contributed by atoms with E-state index >= 15 is 0 Å². The first-order chi connectivity index (χ1) is 13.3. The number of hydrogen-bond donors (Lipinski definition) is 0. The van der Waals surface area contributed by atoms with Gasteiger partial charge in [0.2, 0.25) is 5.78 Å². The van der Waals surface area contributed by atoms with Gasteiger partial charge in [-0.1, -0.05) is 60.7 Å². The number of benzene rings is 3. The summed E-state index contributed by atoms with van der Waals surface area (Å²) >= 11 is 0. The molecule has 2 heterocycles. The molecule has 0 aliphatic carbocycles. The maximum Gasteiger partial charge on any atom is 0.215 e. The fraction of sp³-hybridized carbons (Fsp3) is 0. The van der Waals surface area contributed by atoms with Gasteiger partial charge in [0.15, 0.2) is 11.3 Å². The number of hydrogen-bond acceptors (Lipinski definition) is 4. The molecule has 5 aromatic rings. The van der Waals surface area contributed by atoms with Gasteiger partial charge in [0.25, 0.3) is 0 Å². The quantitative estimate of drug-likeness (QED) is 0.458. The number of para-hydroxylation sites is 3. The first-order valence-corrected chi connectivity index (χ1v) is 8.62. The SMILES string of the molecule is O=C(c1ccccc1)c1nn(-c2ccccc2)c2nc3ccccc3nc12. The van der Waals surface area contributed by atoms with Gasteiger partial charge < -0.3 is 0 Å². The van der Waals surface area contributed by atoms with E-state index in [2.05, 4.69) is 5.10 Å². The van der Waals surface area contributed by atoms with E-state index in [4.69, 9.17) is 9.97 Å². The molecular formula is C22H14N4O. The molecule has 0 bridgehead atoms. The molecule has 2 aromatic heterocycles. The Labute approximate surface area is 154 Å². The number of ketones is 1. The maximum absolute atomic E-state index is 13.1. The van der Waals surface area contributed by atoms with E-state index in [0.717, 1.165) is 16.7 Å². The maximum atomic E-state index is 13.1. The molecule has 0 aliphatic rings. The molecule has 0 amide bonds. The van der Waals surface area contributed by atoms with Crippen molar-refractivity contribution < 1.29 is 4.79 Å². The Kier molecular flexibility index (Phi) is 3.50. The zero-order valence-corrected chi connectivity index (χ0v) is 14.3. The first kappa shape index (κ1) is 15.4. The molecule has 0 spiro atoms. The third kappa shape index (κ3) is 2.57. The van der Waals surface area contributed by atoms with Gasteiger partial charge in [-0.15, -0.1) is 0 Å². The van der Waals surface area contributed by atoms with Gasteiger partial charge in [0.1, 0.15) is 5.52 Å². The van der Waals surface area contributed by atoms with Crippen LogP contribution in [-0.4, -0.2) is 25.5 Å². The van der Waals surface area contributed by atoms with E-state index in [1.807, 2.05) is 72.8 Å². The van der Waals surface area contributed by atoms with Crippen molar-refractivity contribution >= 4 is 28.0 Å². The Morgan fingerprint density at radius 3 is 2.00 bits per heavy atom. The second kappa shape index (κ2) is 6.14. The lowest BCUT2D eigenvalue weighted by atomic mass is 10.1. The smallest absolute Gasteiger partial charge is 0.215 e. The van der Waals surface area contributed by atoms with Gasteiger partial charge in [-0.3, -0.25) is 4.79 Å². The average Bonchev–Trinajstić information content (AvgIpc) is 3.11. The van der Waals surface area contributed by atoms with E-state index in [-0.39, 0.29) is 5.78 Å². The van der Waals surface area contributed by atoms with Gasteiger partial charge in [-0.05, 0) is 24.3 Å². The number of carbonyl (C=O) groups excluding carboxylic acids is 1. The summed E-state index contributed by atoms with van der Waals surface area (Å²) in [6.07, 6.45) is 0. The molecule has 5 rings (SSSR count). The third-order valence-corrected chi connectivity index (χ3v) is 4.43. The molecular weight excluding hydrogens is 336 g/mol. The van der Waals surface area contributed by atoms with Crippen LogP contribution >= 0.6 is 0 Å². The summed E-state index contributed by atoms with van der Waals surface area (Å²) in [5, 5.41) is 4.60. The predicted octanol–water partition coefficient (Wildman–Crippen LogP) is 4.20. The molecule has 0 saturated heterocycles. The normalized spacial score (nSPS) is 11.1. The molecule has 0 aliphatic heterocycles. The van der Waals surface area contributed by atoms with Crippen molar-refractivity contribution in [1.82, 2.24) is 19.7 Å². The van der Waals surface area contributed by atoms with Crippen molar-refractivity contribution in [3.8, 4) is 5.69 Å². The standard InChI is InChI=1S/C22H14N4O/c27-21(15-9-3-1-4-10-15)19-20-22(24-18-14-8-7-13-17(18)23-20)26(25-19)16-11-5-2-6-12-16/h1-14H. The topological polar surface area (TPSA) is 60.7 Å². The predicted molar refractivity (Wildman–Crippen MR) is 104 cm³/mol. The minimum Gasteiger partial charge on any atom is -0.287 e. The summed E-state index contributed by atoms with van der Waals surface area (Å²) in [6, 6.07) is 26.4. The summed E-state index contributed by atoms with van der Waals surface area (Å²) in [4.78, 5) is 22.5. The van der Waals surface area contributed by atoms with Gasteiger partial charge in [0, 0.05) is 5.56 Å². The number of rotatable bonds is 3. The zero-order chi connectivity index (χ0) is 18.2. The lowest BCUT2D eigenvalue weighted by Gasteiger charge is -2.02. The summed E-state index contributed by atoms with van der Waals surface area (Å²) in [5.41, 5.74) is 4.29. The van der Waals surface area contributed by atoms with E-state index in [1.165, 1.54) is 0 Å². The summed E-state index contributed by atoms with van der Waals surface area (Å²) in [7, 11) is 0. The highest BCUT2D eigenvalue weighted by molar-refractivity contribution is 6.14. The fourth-order valence-electron chi connectivity index (χ4n) is 3.12. The van der Waals surface area contributed by atoms with E-state index < -0.39 is 0 Å². The van der Waals surface area contributed by atoms with Crippen LogP contribution in [0.1, 0.15) is 16.1 Å². The average molecular weight is 350 g/mol. The van der Waals surface area contributed by atoms with Crippen LogP contribution in [-0.2, 0) is 0 Å². The van der Waals surface area contributed by atoms with Crippen LogP contribution < -0.4 is 0 Å². The lowest BCUT2D eigenvalue weighted by molar-refractivity contribution is 0.103. The Morgan fingerprint density at radius 1 is 0.704 bits per heavy atom. The van der Waals surface area contributed by atoms with Crippen molar-refractivity contribution in [2.24, 2.45) is 0 Å². The van der Waals surface area contributed by atoms with Crippen LogP contribution in [0.3, 0.4) is 0 Å². The number of nitrogens with zero attached hydrogens (tertiary/aromatic N) is 4. The van der Waals surface area contributed by atoms with Crippen LogP contribution in [0.4, 0.5) is 0 Å². The third-order valence-electron chi connectivity index (χ3n) is 4.43. The van der Waals surface area contributed by atoms with Gasteiger partial charge in [0.05, 0.1) is 16.7 Å². The summed E-state index contributed by atoms with van der Waals surface area (Å²) in [5.74, 6) is -0.167. The Balaban J connectivity index is 1.82. The van der Waals surface area contributed by atoms with Gasteiger partial charge in [-0.2, -0.15) is 5.10 Å². The van der Waals surface area contributed by atoms with E-state index in [1.54, 1.807) is 16.8 Å². The highest BCUT2D eigenvalue weighted by atomic mass is 16.1. The molecule has 0 N–H and O–H groups in total. The number of fused-ring (bicyclic) bond motifs is 2. The van der Waals surface area contributed by atoms with Crippen molar-refractivity contribution in [2.75, 3.05) is 0 Å². The summed E-state index contributed by atoms with van der Waals surface area (Å²) < 4.78 is 1.69. The molecule has 0 fully saturated rings. The van der Waals surface area contributed by atoms with Gasteiger partial charge >= 0.3 is 0 Å². The lowest BCUT2D eigenvalue weighted by Crippen LogP contribution is -2.04. The Bertz CT molecular complexity index is 1280. The molecule has 5 heteroatoms. The van der Waals surface area contributed by atoms with E-state index in [9.17, 15) is 4.79 Å². The molecule has 128 valence electrons. The highest BCUT2D eigenvalue weighted by Gasteiger charge is 2.22. The van der Waals surface area contributed by atoms with Crippen LogP contribution in [0.2, 0.25) is 0 Å². The minimum absolute atomic E-state index is 0.167. The second-order valence-electron chi connectivity index (χ2n) is 6.18. The molecule has 0 saturated carbocycles. The largest absolute Gasteiger partial charge is 0.287 e. The van der Waals surface area contributed by atoms with Crippen LogP contribution in [0.15, 0.2) is 84.9 Å². The molecule has 5 nitrogen and oxygen atoms in total. The van der Waals surface area contributed by atoms with Gasteiger partial charge in [-0.25, -0.2) is 14.6 Å². The Hall–Kier alpha value is -3.86.